The summed E-state index contributed by atoms with van der Waals surface area (Å²) in [7, 11) is 2.00. The second kappa shape index (κ2) is 6.43. The first-order chi connectivity index (χ1) is 9.61. The summed E-state index contributed by atoms with van der Waals surface area (Å²) in [6, 6.07) is 15.7. The first kappa shape index (κ1) is 14.4. The average molecular weight is 334 g/mol. The topological polar surface area (TPSA) is 61.8 Å². The van der Waals surface area contributed by atoms with E-state index in [0.717, 1.165) is 16.7 Å². The molecule has 2 aromatic rings. The molecule has 0 amide bonds. The van der Waals surface area contributed by atoms with E-state index in [1.807, 2.05) is 49.5 Å². The fourth-order valence-electron chi connectivity index (χ4n) is 1.93. The van der Waals surface area contributed by atoms with Crippen molar-refractivity contribution in [2.24, 2.45) is 10.9 Å². The lowest BCUT2D eigenvalue weighted by atomic mass is 10.1. The molecule has 104 valence electrons. The molecule has 20 heavy (non-hydrogen) atoms. The number of hydrogen-bond donors (Lipinski definition) is 2. The maximum atomic E-state index is 8.73. The quantitative estimate of drug-likeness (QED) is 0.391. The second-order valence-corrected chi connectivity index (χ2v) is 5.34. The molecule has 0 unspecified atom stereocenters. The van der Waals surface area contributed by atoms with Crippen molar-refractivity contribution in [2.45, 2.75) is 6.54 Å². The van der Waals surface area contributed by atoms with Crippen LogP contribution in [0, 0.1) is 0 Å². The molecule has 0 atom stereocenters. The van der Waals surface area contributed by atoms with Crippen LogP contribution in [-0.4, -0.2) is 18.1 Å². The summed E-state index contributed by atoms with van der Waals surface area (Å²) < 4.78 is 1.08. The van der Waals surface area contributed by atoms with Crippen LogP contribution in [0.5, 0.6) is 0 Å². The summed E-state index contributed by atoms with van der Waals surface area (Å²) in [6.07, 6.45) is 0. The van der Waals surface area contributed by atoms with Gasteiger partial charge in [0.25, 0.3) is 0 Å². The van der Waals surface area contributed by atoms with E-state index >= 15 is 0 Å². The Balaban J connectivity index is 2.21. The van der Waals surface area contributed by atoms with Crippen molar-refractivity contribution in [3.05, 3.63) is 64.1 Å². The van der Waals surface area contributed by atoms with Crippen LogP contribution < -0.4 is 10.6 Å². The van der Waals surface area contributed by atoms with Crippen molar-refractivity contribution in [3.8, 4) is 0 Å². The molecular formula is C15H16BrN3O. The Morgan fingerprint density at radius 1 is 1.25 bits per heavy atom. The van der Waals surface area contributed by atoms with Gasteiger partial charge in [0.15, 0.2) is 5.84 Å². The van der Waals surface area contributed by atoms with Crippen molar-refractivity contribution in [1.82, 2.24) is 0 Å². The Morgan fingerprint density at radius 2 is 2.00 bits per heavy atom. The highest BCUT2D eigenvalue weighted by Crippen LogP contribution is 2.21. The molecule has 0 spiro atoms. The lowest BCUT2D eigenvalue weighted by molar-refractivity contribution is 0.318. The molecule has 0 aliphatic carbocycles. The maximum Gasteiger partial charge on any atom is 0.170 e. The van der Waals surface area contributed by atoms with E-state index in [1.54, 1.807) is 0 Å². The number of anilines is 1. The molecule has 0 aliphatic rings. The van der Waals surface area contributed by atoms with Gasteiger partial charge in [0, 0.05) is 29.3 Å². The Kier molecular flexibility index (Phi) is 4.63. The van der Waals surface area contributed by atoms with Gasteiger partial charge in [0.05, 0.1) is 0 Å². The fourth-order valence-corrected chi connectivity index (χ4v) is 2.34. The van der Waals surface area contributed by atoms with Crippen molar-refractivity contribution < 1.29 is 5.21 Å². The molecule has 0 saturated carbocycles. The number of benzene rings is 2. The number of amidine groups is 1. The Labute approximate surface area is 126 Å². The smallest absolute Gasteiger partial charge is 0.170 e. The van der Waals surface area contributed by atoms with Crippen molar-refractivity contribution >= 4 is 27.5 Å². The zero-order valence-corrected chi connectivity index (χ0v) is 12.7. The van der Waals surface area contributed by atoms with Gasteiger partial charge in [-0.05, 0) is 23.8 Å². The molecule has 2 aromatic carbocycles. The van der Waals surface area contributed by atoms with Gasteiger partial charge < -0.3 is 15.8 Å². The molecule has 0 bridgehead atoms. The normalized spacial score (nSPS) is 11.4. The molecule has 0 fully saturated rings. The minimum atomic E-state index is 0.112. The first-order valence-corrected chi connectivity index (χ1v) is 6.93. The number of halogens is 1. The zero-order valence-electron chi connectivity index (χ0n) is 11.1. The standard InChI is InChI=1S/C15H16BrN3O/c1-19(10-12-5-2-3-8-14(12)16)13-7-4-6-11(9-13)15(17)18-20/h2-9,20H,10H2,1H3,(H2,17,18). The molecular weight excluding hydrogens is 318 g/mol. The maximum absolute atomic E-state index is 8.73. The van der Waals surface area contributed by atoms with Crippen molar-refractivity contribution in [3.63, 3.8) is 0 Å². The summed E-state index contributed by atoms with van der Waals surface area (Å²) in [6.45, 7) is 0.765. The van der Waals surface area contributed by atoms with Crippen molar-refractivity contribution in [2.75, 3.05) is 11.9 Å². The third kappa shape index (κ3) is 3.30. The summed E-state index contributed by atoms with van der Waals surface area (Å²) >= 11 is 3.55. The minimum absolute atomic E-state index is 0.112. The molecule has 0 heterocycles. The third-order valence-electron chi connectivity index (χ3n) is 3.06. The average Bonchev–Trinajstić information content (AvgIpc) is 2.49. The third-order valence-corrected chi connectivity index (χ3v) is 3.83. The van der Waals surface area contributed by atoms with E-state index in [-0.39, 0.29) is 5.84 Å². The number of nitrogens with two attached hydrogens (primary N) is 1. The van der Waals surface area contributed by atoms with E-state index in [1.165, 1.54) is 5.56 Å². The number of rotatable bonds is 4. The van der Waals surface area contributed by atoms with E-state index in [9.17, 15) is 0 Å². The van der Waals surface area contributed by atoms with Crippen molar-refractivity contribution in [1.29, 1.82) is 0 Å². The summed E-state index contributed by atoms with van der Waals surface area (Å²) in [5, 5.41) is 11.8. The number of oxime groups is 1. The Morgan fingerprint density at radius 3 is 2.70 bits per heavy atom. The van der Waals surface area contributed by atoms with Gasteiger partial charge in [-0.25, -0.2) is 0 Å². The van der Waals surface area contributed by atoms with E-state index in [4.69, 9.17) is 10.9 Å². The van der Waals surface area contributed by atoms with E-state index in [2.05, 4.69) is 32.1 Å². The molecule has 0 aliphatic heterocycles. The van der Waals surface area contributed by atoms with Crippen LogP contribution in [0.2, 0.25) is 0 Å². The lowest BCUT2D eigenvalue weighted by Crippen LogP contribution is -2.18. The highest BCUT2D eigenvalue weighted by atomic mass is 79.9. The number of hydrogen-bond acceptors (Lipinski definition) is 3. The highest BCUT2D eigenvalue weighted by Gasteiger charge is 2.07. The van der Waals surface area contributed by atoms with Crippen LogP contribution >= 0.6 is 15.9 Å². The van der Waals surface area contributed by atoms with Crippen LogP contribution in [-0.2, 0) is 6.54 Å². The summed E-state index contributed by atoms with van der Waals surface area (Å²) in [5.41, 5.74) is 8.51. The second-order valence-electron chi connectivity index (χ2n) is 4.48. The molecule has 0 saturated heterocycles. The van der Waals surface area contributed by atoms with Gasteiger partial charge in [-0.2, -0.15) is 0 Å². The zero-order chi connectivity index (χ0) is 14.5. The Hall–Kier alpha value is -2.01. The van der Waals surface area contributed by atoms with Crippen LogP contribution in [0.15, 0.2) is 58.2 Å². The summed E-state index contributed by atoms with van der Waals surface area (Å²) in [5.74, 6) is 0.112. The predicted molar refractivity (Wildman–Crippen MR) is 85.2 cm³/mol. The molecule has 0 aromatic heterocycles. The van der Waals surface area contributed by atoms with Gasteiger partial charge >= 0.3 is 0 Å². The van der Waals surface area contributed by atoms with Crippen LogP contribution in [0.4, 0.5) is 5.69 Å². The summed E-state index contributed by atoms with van der Waals surface area (Å²) in [4.78, 5) is 2.11. The largest absolute Gasteiger partial charge is 0.409 e. The molecule has 5 heteroatoms. The number of nitrogens with zero attached hydrogens (tertiary/aromatic N) is 2. The van der Waals surface area contributed by atoms with Gasteiger partial charge in [0.1, 0.15) is 0 Å². The van der Waals surface area contributed by atoms with Gasteiger partial charge in [-0.15, -0.1) is 0 Å². The fraction of sp³-hybridized carbons (Fsp3) is 0.133. The lowest BCUT2D eigenvalue weighted by Gasteiger charge is -2.20. The van der Waals surface area contributed by atoms with Gasteiger partial charge in [0.2, 0.25) is 0 Å². The molecule has 0 radical (unpaired) electrons. The van der Waals surface area contributed by atoms with Crippen LogP contribution in [0.1, 0.15) is 11.1 Å². The monoisotopic (exact) mass is 333 g/mol. The first-order valence-electron chi connectivity index (χ1n) is 6.14. The van der Waals surface area contributed by atoms with Gasteiger partial charge in [-0.1, -0.05) is 51.4 Å². The Bertz CT molecular complexity index is 628. The van der Waals surface area contributed by atoms with E-state index in [0.29, 0.717) is 5.56 Å². The molecule has 2 rings (SSSR count). The predicted octanol–water partition coefficient (Wildman–Crippen LogP) is 3.18. The van der Waals surface area contributed by atoms with Crippen LogP contribution in [0.3, 0.4) is 0 Å². The van der Waals surface area contributed by atoms with Gasteiger partial charge in [-0.3, -0.25) is 0 Å². The minimum Gasteiger partial charge on any atom is -0.409 e. The molecule has 4 nitrogen and oxygen atoms in total. The SMILES string of the molecule is CN(Cc1ccccc1Br)c1cccc(C(N)=NO)c1. The highest BCUT2D eigenvalue weighted by molar-refractivity contribution is 9.10. The van der Waals surface area contributed by atoms with Crippen LogP contribution in [0.25, 0.3) is 0 Å². The van der Waals surface area contributed by atoms with E-state index < -0.39 is 0 Å². The molecule has 3 N–H and O–H groups in total.